The molecular weight excluding hydrogens is 383 g/mol. The lowest BCUT2D eigenvalue weighted by molar-refractivity contribution is -0.132. The smallest absolute Gasteiger partial charge is 0.360 e. The maximum absolute atomic E-state index is 12.4. The maximum atomic E-state index is 12.4. The van der Waals surface area contributed by atoms with Crippen LogP contribution in [0.4, 0.5) is 0 Å². The van der Waals surface area contributed by atoms with Crippen LogP contribution < -0.4 is 5.32 Å². The molecule has 0 aliphatic rings. The van der Waals surface area contributed by atoms with Crippen LogP contribution in [-0.2, 0) is 16.0 Å². The summed E-state index contributed by atoms with van der Waals surface area (Å²) < 4.78 is 9.38. The lowest BCUT2D eigenvalue weighted by atomic mass is 10.1. The van der Waals surface area contributed by atoms with E-state index in [4.69, 9.17) is 27.9 Å². The topological polar surface area (TPSA) is 68.3 Å². The van der Waals surface area contributed by atoms with Crippen molar-refractivity contribution < 1.29 is 14.3 Å². The molecule has 25 heavy (non-hydrogen) atoms. The number of halogens is 2. The van der Waals surface area contributed by atoms with Gasteiger partial charge in [-0.1, -0.05) is 67.4 Å². The average Bonchev–Trinajstić information content (AvgIpc) is 2.92. The molecule has 8 heteroatoms. The Morgan fingerprint density at radius 3 is 2.48 bits per heavy atom. The van der Waals surface area contributed by atoms with Gasteiger partial charge in [-0.15, -0.1) is 0 Å². The quantitative estimate of drug-likeness (QED) is 0.713. The monoisotopic (exact) mass is 400 g/mol. The molecule has 0 radical (unpaired) electrons. The minimum Gasteiger partial charge on any atom is -0.447 e. The van der Waals surface area contributed by atoms with Crippen molar-refractivity contribution in [3.63, 3.8) is 0 Å². The van der Waals surface area contributed by atoms with Gasteiger partial charge < -0.3 is 10.1 Å². The van der Waals surface area contributed by atoms with Crippen molar-refractivity contribution >= 4 is 46.6 Å². The number of rotatable bonds is 7. The molecule has 2 rings (SSSR count). The lowest BCUT2D eigenvalue weighted by Crippen LogP contribution is -2.41. The molecule has 0 aliphatic heterocycles. The summed E-state index contributed by atoms with van der Waals surface area (Å²) in [7, 11) is 0. The third kappa shape index (κ3) is 5.42. The van der Waals surface area contributed by atoms with E-state index in [0.29, 0.717) is 13.0 Å². The van der Waals surface area contributed by atoms with Crippen LogP contribution in [-0.4, -0.2) is 28.9 Å². The molecule has 1 unspecified atom stereocenters. The van der Waals surface area contributed by atoms with Crippen LogP contribution in [0.1, 0.15) is 29.9 Å². The van der Waals surface area contributed by atoms with Gasteiger partial charge in [-0.25, -0.2) is 4.79 Å². The van der Waals surface area contributed by atoms with Crippen LogP contribution in [0, 0.1) is 5.92 Å². The first kappa shape index (κ1) is 19.7. The van der Waals surface area contributed by atoms with Gasteiger partial charge in [0.05, 0.1) is 0 Å². The first-order chi connectivity index (χ1) is 11.9. The summed E-state index contributed by atoms with van der Waals surface area (Å²) in [5.74, 6) is -1.31. The highest BCUT2D eigenvalue weighted by molar-refractivity contribution is 7.11. The highest BCUT2D eigenvalue weighted by atomic mass is 35.5. The van der Waals surface area contributed by atoms with E-state index >= 15 is 0 Å². The Balaban J connectivity index is 1.94. The van der Waals surface area contributed by atoms with Crippen LogP contribution in [0.2, 0.25) is 9.36 Å². The van der Waals surface area contributed by atoms with Gasteiger partial charge in [0.1, 0.15) is 9.36 Å². The van der Waals surface area contributed by atoms with Gasteiger partial charge in [0.2, 0.25) is 0 Å². The standard InChI is InChI=1S/C17H18Cl2N2O3S/c1-10(2)14(24-17(23)13-12(18)15(19)25-21-13)16(22)20-9-8-11-6-4-3-5-7-11/h3-7,10,14H,8-9H2,1-2H3,(H,20,22). The molecule has 0 aliphatic carbocycles. The second-order valence-electron chi connectivity index (χ2n) is 5.72. The predicted molar refractivity (Wildman–Crippen MR) is 99.3 cm³/mol. The zero-order valence-electron chi connectivity index (χ0n) is 13.8. The summed E-state index contributed by atoms with van der Waals surface area (Å²) in [5, 5.41) is 2.84. The van der Waals surface area contributed by atoms with E-state index in [1.807, 2.05) is 30.3 Å². The largest absolute Gasteiger partial charge is 0.447 e. The van der Waals surface area contributed by atoms with Crippen molar-refractivity contribution in [1.29, 1.82) is 0 Å². The normalized spacial score (nSPS) is 12.0. The highest BCUT2D eigenvalue weighted by Gasteiger charge is 2.29. The minimum absolute atomic E-state index is 0.0451. The molecule has 1 atom stereocenters. The van der Waals surface area contributed by atoms with Gasteiger partial charge >= 0.3 is 5.97 Å². The number of hydrogen-bond acceptors (Lipinski definition) is 5. The highest BCUT2D eigenvalue weighted by Crippen LogP contribution is 2.30. The fourth-order valence-corrected chi connectivity index (χ4v) is 3.10. The molecule has 1 heterocycles. The maximum Gasteiger partial charge on any atom is 0.360 e. The van der Waals surface area contributed by atoms with Crippen molar-refractivity contribution in [2.24, 2.45) is 5.92 Å². The molecule has 1 aromatic heterocycles. The Hall–Kier alpha value is -1.63. The fraction of sp³-hybridized carbons (Fsp3) is 0.353. The number of ether oxygens (including phenoxy) is 1. The Bertz CT molecular complexity index is 735. The third-order valence-corrected chi connectivity index (χ3v) is 5.06. The number of amides is 1. The van der Waals surface area contributed by atoms with E-state index in [1.165, 1.54) is 0 Å². The van der Waals surface area contributed by atoms with Crippen LogP contribution in [0.3, 0.4) is 0 Å². The summed E-state index contributed by atoms with van der Waals surface area (Å²) in [6, 6.07) is 9.80. The Morgan fingerprint density at radius 1 is 1.24 bits per heavy atom. The van der Waals surface area contributed by atoms with Crippen LogP contribution in [0.25, 0.3) is 0 Å². The number of carbonyl (C=O) groups is 2. The van der Waals surface area contributed by atoms with Gasteiger partial charge in [-0.2, -0.15) is 4.37 Å². The molecule has 1 aromatic carbocycles. The molecule has 0 saturated carbocycles. The number of nitrogens with one attached hydrogen (secondary N) is 1. The first-order valence-corrected chi connectivity index (χ1v) is 9.26. The van der Waals surface area contributed by atoms with E-state index in [1.54, 1.807) is 13.8 Å². The summed E-state index contributed by atoms with van der Waals surface area (Å²) in [6.07, 6.45) is -0.237. The van der Waals surface area contributed by atoms with Crippen molar-refractivity contribution in [3.8, 4) is 0 Å². The van der Waals surface area contributed by atoms with Crippen molar-refractivity contribution in [3.05, 3.63) is 50.9 Å². The molecule has 0 fully saturated rings. The van der Waals surface area contributed by atoms with Crippen LogP contribution in [0.15, 0.2) is 30.3 Å². The number of hydrogen-bond donors (Lipinski definition) is 1. The van der Waals surface area contributed by atoms with Gasteiger partial charge in [-0.3, -0.25) is 4.79 Å². The first-order valence-electron chi connectivity index (χ1n) is 7.73. The van der Waals surface area contributed by atoms with E-state index < -0.39 is 12.1 Å². The molecule has 2 aromatic rings. The van der Waals surface area contributed by atoms with Gasteiger partial charge in [0, 0.05) is 6.54 Å². The molecule has 0 saturated heterocycles. The number of esters is 1. The number of carbonyl (C=O) groups excluding carboxylic acids is 2. The SMILES string of the molecule is CC(C)C(OC(=O)c1nsc(Cl)c1Cl)C(=O)NCCc1ccccc1. The van der Waals surface area contributed by atoms with Crippen molar-refractivity contribution in [2.45, 2.75) is 26.4 Å². The van der Waals surface area contributed by atoms with Crippen LogP contribution in [0.5, 0.6) is 0 Å². The van der Waals surface area contributed by atoms with Gasteiger partial charge in [-0.05, 0) is 29.4 Å². The molecule has 1 amide bonds. The number of benzene rings is 1. The second kappa shape index (κ2) is 9.17. The van der Waals surface area contributed by atoms with E-state index in [0.717, 1.165) is 17.1 Å². The average molecular weight is 401 g/mol. The van der Waals surface area contributed by atoms with Gasteiger partial charge in [0.15, 0.2) is 11.8 Å². The zero-order chi connectivity index (χ0) is 18.4. The number of nitrogens with zero attached hydrogens (tertiary/aromatic N) is 1. The molecule has 1 N–H and O–H groups in total. The molecular formula is C17H18Cl2N2O3S. The van der Waals surface area contributed by atoms with E-state index in [2.05, 4.69) is 9.69 Å². The number of aromatic nitrogens is 1. The summed E-state index contributed by atoms with van der Waals surface area (Å²) >= 11 is 12.6. The fourth-order valence-electron chi connectivity index (χ4n) is 2.12. The molecule has 134 valence electrons. The van der Waals surface area contributed by atoms with Gasteiger partial charge in [0.25, 0.3) is 5.91 Å². The Labute approximate surface area is 160 Å². The summed E-state index contributed by atoms with van der Waals surface area (Å²) in [4.78, 5) is 24.6. The minimum atomic E-state index is -0.931. The Kier molecular flexibility index (Phi) is 7.23. The predicted octanol–water partition coefficient (Wildman–Crippen LogP) is 3.99. The van der Waals surface area contributed by atoms with E-state index in [9.17, 15) is 9.59 Å². The van der Waals surface area contributed by atoms with Crippen molar-refractivity contribution in [2.75, 3.05) is 6.54 Å². The third-order valence-electron chi connectivity index (χ3n) is 3.44. The zero-order valence-corrected chi connectivity index (χ0v) is 16.1. The molecule has 0 spiro atoms. The lowest BCUT2D eigenvalue weighted by Gasteiger charge is -2.20. The molecule has 0 bridgehead atoms. The van der Waals surface area contributed by atoms with Crippen LogP contribution >= 0.6 is 34.7 Å². The molecule has 5 nitrogen and oxygen atoms in total. The Morgan fingerprint density at radius 2 is 1.92 bits per heavy atom. The van der Waals surface area contributed by atoms with Crippen molar-refractivity contribution in [1.82, 2.24) is 9.69 Å². The summed E-state index contributed by atoms with van der Waals surface area (Å²) in [5.41, 5.74) is 1.05. The second-order valence-corrected chi connectivity index (χ2v) is 7.47. The van der Waals surface area contributed by atoms with E-state index in [-0.39, 0.29) is 26.9 Å². The summed E-state index contributed by atoms with van der Waals surface area (Å²) in [6.45, 7) is 4.04.